The molecule has 0 N–H and O–H groups in total. The van der Waals surface area contributed by atoms with Crippen molar-refractivity contribution in [1.29, 1.82) is 5.26 Å². The number of carbonyl (C=O) groups excluding carboxylic acids is 1. The van der Waals surface area contributed by atoms with Crippen LogP contribution in [0.25, 0.3) is 5.69 Å². The lowest BCUT2D eigenvalue weighted by atomic mass is 9.80. The molecule has 1 unspecified atom stereocenters. The molecule has 3 heteroatoms. The van der Waals surface area contributed by atoms with E-state index in [-0.39, 0.29) is 5.41 Å². The number of aldehydes is 1. The summed E-state index contributed by atoms with van der Waals surface area (Å²) >= 11 is 0. The zero-order valence-electron chi connectivity index (χ0n) is 13.5. The van der Waals surface area contributed by atoms with Gasteiger partial charge in [0.1, 0.15) is 0 Å². The zero-order chi connectivity index (χ0) is 16.1. The van der Waals surface area contributed by atoms with E-state index >= 15 is 0 Å². The molecule has 22 heavy (non-hydrogen) atoms. The molecule has 0 aliphatic heterocycles. The molecule has 0 saturated carbocycles. The number of hydrogen-bond donors (Lipinski definition) is 0. The van der Waals surface area contributed by atoms with E-state index in [9.17, 15) is 10.1 Å². The van der Waals surface area contributed by atoms with E-state index in [1.165, 1.54) is 0 Å². The molecule has 0 radical (unpaired) electrons. The zero-order valence-corrected chi connectivity index (χ0v) is 13.5. The topological polar surface area (TPSA) is 45.8 Å². The van der Waals surface area contributed by atoms with Crippen molar-refractivity contribution in [2.24, 2.45) is 0 Å². The van der Waals surface area contributed by atoms with Gasteiger partial charge in [0, 0.05) is 16.9 Å². The fourth-order valence-corrected chi connectivity index (χ4v) is 4.28. The Kier molecular flexibility index (Phi) is 3.04. The lowest BCUT2D eigenvalue weighted by Crippen LogP contribution is -2.23. The first-order valence-electron chi connectivity index (χ1n) is 7.54. The van der Waals surface area contributed by atoms with Crippen LogP contribution in [-0.2, 0) is 10.8 Å². The third-order valence-corrected chi connectivity index (χ3v) is 4.84. The van der Waals surface area contributed by atoms with Gasteiger partial charge in [0.05, 0.1) is 17.2 Å². The van der Waals surface area contributed by atoms with Crippen molar-refractivity contribution in [2.75, 3.05) is 0 Å². The van der Waals surface area contributed by atoms with Crippen LogP contribution in [-0.4, -0.2) is 10.9 Å². The van der Waals surface area contributed by atoms with Gasteiger partial charge in [-0.1, -0.05) is 32.0 Å². The minimum atomic E-state index is -0.611. The first kappa shape index (κ1) is 14.6. The molecule has 1 heterocycles. The SMILES string of the molecule is Cc1c2c(c(C=O)n1-c1ccccc1)C(C)(C#N)CC2(C)C. The van der Waals surface area contributed by atoms with Crippen molar-refractivity contribution in [3.63, 3.8) is 0 Å². The van der Waals surface area contributed by atoms with Gasteiger partial charge in [-0.2, -0.15) is 5.26 Å². The lowest BCUT2D eigenvalue weighted by Gasteiger charge is -2.24. The molecule has 0 spiro atoms. The highest BCUT2D eigenvalue weighted by atomic mass is 16.1. The van der Waals surface area contributed by atoms with Crippen LogP contribution < -0.4 is 0 Å². The molecule has 0 amide bonds. The van der Waals surface area contributed by atoms with Crippen molar-refractivity contribution in [3.05, 3.63) is 52.8 Å². The molecule has 112 valence electrons. The van der Waals surface area contributed by atoms with E-state index in [2.05, 4.69) is 19.9 Å². The number of benzene rings is 1. The van der Waals surface area contributed by atoms with Crippen LogP contribution in [0.15, 0.2) is 30.3 Å². The van der Waals surface area contributed by atoms with E-state index < -0.39 is 5.41 Å². The number of hydrogen-bond acceptors (Lipinski definition) is 2. The number of para-hydroxylation sites is 1. The summed E-state index contributed by atoms with van der Waals surface area (Å²) in [5, 5.41) is 9.72. The number of nitrogens with zero attached hydrogens (tertiary/aromatic N) is 2. The third-order valence-electron chi connectivity index (χ3n) is 4.84. The maximum absolute atomic E-state index is 11.9. The van der Waals surface area contributed by atoms with Crippen LogP contribution >= 0.6 is 0 Å². The fraction of sp³-hybridized carbons (Fsp3) is 0.368. The Morgan fingerprint density at radius 2 is 1.82 bits per heavy atom. The highest BCUT2D eigenvalue weighted by Gasteiger charge is 2.49. The summed E-state index contributed by atoms with van der Waals surface area (Å²) < 4.78 is 1.99. The molecular formula is C19H20N2O. The molecular weight excluding hydrogens is 272 g/mol. The van der Waals surface area contributed by atoms with E-state index in [0.29, 0.717) is 5.69 Å². The van der Waals surface area contributed by atoms with Gasteiger partial charge in [-0.15, -0.1) is 0 Å². The smallest absolute Gasteiger partial charge is 0.167 e. The maximum atomic E-state index is 11.9. The molecule has 3 nitrogen and oxygen atoms in total. The molecule has 1 aliphatic rings. The minimum Gasteiger partial charge on any atom is -0.311 e. The molecule has 2 aromatic rings. The summed E-state index contributed by atoms with van der Waals surface area (Å²) in [6, 6.07) is 12.3. The van der Waals surface area contributed by atoms with E-state index in [1.807, 2.05) is 48.7 Å². The van der Waals surface area contributed by atoms with Gasteiger partial charge < -0.3 is 4.57 Å². The largest absolute Gasteiger partial charge is 0.311 e. The number of nitriles is 1. The standard InChI is InChI=1S/C19H20N2O/c1-13-16-17(19(4,12-20)11-18(16,2)3)15(10-22)21(13)14-8-6-5-7-9-14/h5-10H,11H2,1-4H3. The van der Waals surface area contributed by atoms with E-state index in [1.54, 1.807) is 0 Å². The highest BCUT2D eigenvalue weighted by Crippen LogP contribution is 2.53. The predicted molar refractivity (Wildman–Crippen MR) is 86.5 cm³/mol. The van der Waals surface area contributed by atoms with Gasteiger partial charge >= 0.3 is 0 Å². The van der Waals surface area contributed by atoms with Gasteiger partial charge in [0.25, 0.3) is 0 Å². The fourth-order valence-electron chi connectivity index (χ4n) is 4.28. The Hall–Kier alpha value is -2.34. The van der Waals surface area contributed by atoms with Crippen LogP contribution in [0.4, 0.5) is 0 Å². The second-order valence-corrected chi connectivity index (χ2v) is 7.01. The predicted octanol–water partition coefficient (Wildman–Crippen LogP) is 4.06. The molecule has 1 aromatic carbocycles. The average molecular weight is 292 g/mol. The number of rotatable bonds is 2. The van der Waals surface area contributed by atoms with E-state index in [0.717, 1.165) is 35.2 Å². The first-order valence-corrected chi connectivity index (χ1v) is 7.54. The minimum absolute atomic E-state index is 0.109. The van der Waals surface area contributed by atoms with Gasteiger partial charge in [-0.3, -0.25) is 4.79 Å². The maximum Gasteiger partial charge on any atom is 0.167 e. The van der Waals surface area contributed by atoms with Crippen LogP contribution in [0.5, 0.6) is 0 Å². The van der Waals surface area contributed by atoms with Crippen molar-refractivity contribution >= 4 is 6.29 Å². The lowest BCUT2D eigenvalue weighted by molar-refractivity contribution is 0.111. The van der Waals surface area contributed by atoms with Crippen LogP contribution in [0, 0.1) is 18.3 Å². The second-order valence-electron chi connectivity index (χ2n) is 7.01. The number of carbonyl (C=O) groups is 1. The number of fused-ring (bicyclic) bond motifs is 1. The summed E-state index contributed by atoms with van der Waals surface area (Å²) in [6.45, 7) is 8.31. The highest BCUT2D eigenvalue weighted by molar-refractivity contribution is 5.81. The summed E-state index contributed by atoms with van der Waals surface area (Å²) in [6.07, 6.45) is 1.65. The van der Waals surface area contributed by atoms with Gasteiger partial charge in [-0.05, 0) is 43.4 Å². The quantitative estimate of drug-likeness (QED) is 0.783. The molecule has 0 saturated heterocycles. The van der Waals surface area contributed by atoms with Crippen LogP contribution in [0.2, 0.25) is 0 Å². The molecule has 1 atom stereocenters. The van der Waals surface area contributed by atoms with Crippen molar-refractivity contribution < 1.29 is 4.79 Å². The Bertz CT molecular complexity index is 793. The Morgan fingerprint density at radius 1 is 1.18 bits per heavy atom. The third kappa shape index (κ3) is 1.77. The Labute approximate surface area is 131 Å². The van der Waals surface area contributed by atoms with Crippen LogP contribution in [0.3, 0.4) is 0 Å². The van der Waals surface area contributed by atoms with Gasteiger partial charge in [0.15, 0.2) is 6.29 Å². The Morgan fingerprint density at radius 3 is 2.36 bits per heavy atom. The second kappa shape index (κ2) is 4.58. The first-order chi connectivity index (χ1) is 10.4. The normalized spacial score (nSPS) is 22.1. The van der Waals surface area contributed by atoms with Crippen molar-refractivity contribution in [1.82, 2.24) is 4.57 Å². The Balaban J connectivity index is 2.42. The molecule has 1 aliphatic carbocycles. The van der Waals surface area contributed by atoms with Gasteiger partial charge in [0.2, 0.25) is 0 Å². The molecule has 1 aromatic heterocycles. The summed E-state index contributed by atoms with van der Waals surface area (Å²) in [5.41, 5.74) is 3.99. The van der Waals surface area contributed by atoms with Crippen molar-refractivity contribution in [3.8, 4) is 11.8 Å². The summed E-state index contributed by atoms with van der Waals surface area (Å²) in [7, 11) is 0. The number of aromatic nitrogens is 1. The van der Waals surface area contributed by atoms with Gasteiger partial charge in [-0.25, -0.2) is 0 Å². The molecule has 0 fully saturated rings. The van der Waals surface area contributed by atoms with E-state index in [4.69, 9.17) is 0 Å². The average Bonchev–Trinajstić information content (AvgIpc) is 2.92. The summed E-state index contributed by atoms with van der Waals surface area (Å²) in [4.78, 5) is 11.9. The molecule has 0 bridgehead atoms. The van der Waals surface area contributed by atoms with Crippen molar-refractivity contribution in [2.45, 2.75) is 44.9 Å². The monoisotopic (exact) mass is 292 g/mol. The van der Waals surface area contributed by atoms with Crippen LogP contribution in [0.1, 0.15) is 54.5 Å². The summed E-state index contributed by atoms with van der Waals surface area (Å²) in [5.74, 6) is 0. The molecule has 3 rings (SSSR count).